The molecule has 0 saturated heterocycles. The molecule has 0 fully saturated rings. The van der Waals surface area contributed by atoms with Gasteiger partial charge in [0.05, 0.1) is 0 Å². The van der Waals surface area contributed by atoms with Gasteiger partial charge in [0.1, 0.15) is 13.5 Å². The van der Waals surface area contributed by atoms with Crippen molar-refractivity contribution < 1.29 is 14.8 Å². The zero-order valence-electron chi connectivity index (χ0n) is 11.3. The van der Waals surface area contributed by atoms with Crippen LogP contribution in [-0.4, -0.2) is 63.9 Å². The molecule has 0 atom stereocenters. The Hall–Kier alpha value is 0.0300. The van der Waals surface area contributed by atoms with Crippen LogP contribution in [-0.2, 0) is 4.57 Å². The van der Waals surface area contributed by atoms with E-state index in [0.29, 0.717) is 26.2 Å². The second kappa shape index (κ2) is 8.19. The van der Waals surface area contributed by atoms with Crippen molar-refractivity contribution in [1.29, 1.82) is 0 Å². The van der Waals surface area contributed by atoms with E-state index in [4.69, 9.17) is 0 Å². The van der Waals surface area contributed by atoms with E-state index >= 15 is 0 Å². The Balaban J connectivity index is 5.38. The van der Waals surface area contributed by atoms with Gasteiger partial charge in [-0.05, 0) is 0 Å². The highest BCUT2D eigenvalue weighted by Crippen LogP contribution is 2.55. The molecular formula is C10H26N3O3P. The van der Waals surface area contributed by atoms with Crippen LogP contribution in [0.3, 0.4) is 0 Å². The number of hydrogen-bond donors (Lipinski definition) is 2. The van der Waals surface area contributed by atoms with Crippen LogP contribution in [0.2, 0.25) is 0 Å². The van der Waals surface area contributed by atoms with Gasteiger partial charge in [0.2, 0.25) is 0 Å². The Labute approximate surface area is 104 Å². The summed E-state index contributed by atoms with van der Waals surface area (Å²) in [4.78, 5) is 0. The fourth-order valence-corrected chi connectivity index (χ4v) is 4.74. The van der Waals surface area contributed by atoms with Gasteiger partial charge in [-0.15, -0.1) is 0 Å². The van der Waals surface area contributed by atoms with E-state index in [-0.39, 0.29) is 13.5 Å². The van der Waals surface area contributed by atoms with Gasteiger partial charge in [0, 0.05) is 26.2 Å². The molecule has 6 nitrogen and oxygen atoms in total. The molecule has 0 aliphatic carbocycles. The van der Waals surface area contributed by atoms with Crippen molar-refractivity contribution in [2.75, 3.05) is 39.6 Å². The summed E-state index contributed by atoms with van der Waals surface area (Å²) in [6, 6.07) is 0. The maximum Gasteiger partial charge on any atom is 0.290 e. The van der Waals surface area contributed by atoms with Gasteiger partial charge in [-0.25, -0.2) is 14.0 Å². The molecular weight excluding hydrogens is 241 g/mol. The third kappa shape index (κ3) is 3.50. The first-order valence-electron chi connectivity index (χ1n) is 6.14. The molecule has 17 heavy (non-hydrogen) atoms. The zero-order chi connectivity index (χ0) is 13.5. The van der Waals surface area contributed by atoms with Crippen molar-refractivity contribution in [3.8, 4) is 0 Å². The Kier molecular flexibility index (Phi) is 8.20. The number of hydrogen-bond acceptors (Lipinski definition) is 3. The molecule has 0 heterocycles. The molecule has 2 N–H and O–H groups in total. The van der Waals surface area contributed by atoms with Gasteiger partial charge in [-0.3, -0.25) is 4.57 Å². The van der Waals surface area contributed by atoms with E-state index in [1.165, 1.54) is 9.34 Å². The normalized spacial score (nSPS) is 13.0. The standard InChI is InChI=1S/C10H26N3O3P/c1-5-11(6-2)17(16,12(7-3)9-14)13(8-4)10-15/h14-15H,5-10H2,1-4H3. The molecule has 0 aromatic heterocycles. The van der Waals surface area contributed by atoms with E-state index in [9.17, 15) is 14.8 Å². The summed E-state index contributed by atoms with van der Waals surface area (Å²) >= 11 is 0. The minimum atomic E-state index is -3.05. The van der Waals surface area contributed by atoms with Crippen LogP contribution in [0, 0.1) is 0 Å². The minimum absolute atomic E-state index is 0.277. The second-order valence-corrected chi connectivity index (χ2v) is 6.30. The zero-order valence-corrected chi connectivity index (χ0v) is 12.2. The fraction of sp³-hybridized carbons (Fsp3) is 1.00. The molecule has 0 bridgehead atoms. The molecule has 0 spiro atoms. The molecule has 0 aliphatic rings. The van der Waals surface area contributed by atoms with Crippen LogP contribution >= 0.6 is 7.59 Å². The summed E-state index contributed by atoms with van der Waals surface area (Å²) in [7, 11) is -3.05. The summed E-state index contributed by atoms with van der Waals surface area (Å²) in [6.45, 7) is 9.15. The Morgan fingerprint density at radius 2 is 1.06 bits per heavy atom. The van der Waals surface area contributed by atoms with Gasteiger partial charge in [-0.2, -0.15) is 0 Å². The van der Waals surface area contributed by atoms with Crippen molar-refractivity contribution >= 4 is 7.59 Å². The number of aliphatic hydroxyl groups is 2. The van der Waals surface area contributed by atoms with Crippen molar-refractivity contribution in [2.24, 2.45) is 0 Å². The monoisotopic (exact) mass is 267 g/mol. The fourth-order valence-electron chi connectivity index (χ4n) is 1.86. The first-order valence-corrected chi connectivity index (χ1v) is 7.71. The average molecular weight is 267 g/mol. The molecule has 0 amide bonds. The van der Waals surface area contributed by atoms with Crippen LogP contribution in [0.1, 0.15) is 27.7 Å². The van der Waals surface area contributed by atoms with E-state index in [2.05, 4.69) is 0 Å². The molecule has 104 valence electrons. The molecule has 0 aromatic rings. The van der Waals surface area contributed by atoms with Crippen molar-refractivity contribution in [3.63, 3.8) is 0 Å². The first kappa shape index (κ1) is 17.0. The van der Waals surface area contributed by atoms with E-state index in [1.807, 2.05) is 27.7 Å². The predicted molar refractivity (Wildman–Crippen MR) is 69.5 cm³/mol. The van der Waals surface area contributed by atoms with E-state index in [1.54, 1.807) is 4.67 Å². The lowest BCUT2D eigenvalue weighted by atomic mass is 10.7. The van der Waals surface area contributed by atoms with E-state index in [0.717, 1.165) is 0 Å². The molecule has 0 aromatic carbocycles. The molecule has 0 rings (SSSR count). The highest BCUT2D eigenvalue weighted by molar-refractivity contribution is 7.56. The van der Waals surface area contributed by atoms with Crippen molar-refractivity contribution in [2.45, 2.75) is 27.7 Å². The molecule has 0 unspecified atom stereocenters. The molecule has 7 heteroatoms. The first-order chi connectivity index (χ1) is 8.06. The number of rotatable bonds is 9. The second-order valence-electron chi connectivity index (χ2n) is 3.58. The highest BCUT2D eigenvalue weighted by atomic mass is 31.2. The third-order valence-corrected chi connectivity index (χ3v) is 6.49. The summed E-state index contributed by atoms with van der Waals surface area (Å²) in [6.07, 6.45) is 0. The van der Waals surface area contributed by atoms with Crippen LogP contribution in [0.4, 0.5) is 0 Å². The topological polar surface area (TPSA) is 67.2 Å². The van der Waals surface area contributed by atoms with Crippen LogP contribution in [0.15, 0.2) is 0 Å². The third-order valence-electron chi connectivity index (χ3n) is 2.89. The van der Waals surface area contributed by atoms with Crippen molar-refractivity contribution in [1.82, 2.24) is 14.0 Å². The van der Waals surface area contributed by atoms with Crippen molar-refractivity contribution in [3.05, 3.63) is 0 Å². The highest BCUT2D eigenvalue weighted by Gasteiger charge is 2.39. The molecule has 0 aliphatic heterocycles. The maximum atomic E-state index is 13.2. The Bertz CT molecular complexity index is 203. The summed E-state index contributed by atoms with van der Waals surface area (Å²) in [5, 5.41) is 18.7. The quantitative estimate of drug-likeness (QED) is 0.479. The van der Waals surface area contributed by atoms with Crippen LogP contribution in [0.25, 0.3) is 0 Å². The lowest BCUT2D eigenvalue weighted by Gasteiger charge is -2.42. The molecule has 0 radical (unpaired) electrons. The Morgan fingerprint density at radius 1 is 0.765 bits per heavy atom. The average Bonchev–Trinajstić information content (AvgIpc) is 2.33. The molecule has 0 saturated carbocycles. The lowest BCUT2D eigenvalue weighted by molar-refractivity contribution is 0.126. The largest absolute Gasteiger partial charge is 0.381 e. The van der Waals surface area contributed by atoms with Gasteiger partial charge in [0.25, 0.3) is 7.59 Å². The number of aliphatic hydroxyl groups excluding tert-OH is 2. The van der Waals surface area contributed by atoms with Crippen LogP contribution in [0.5, 0.6) is 0 Å². The lowest BCUT2D eigenvalue weighted by Crippen LogP contribution is -2.41. The van der Waals surface area contributed by atoms with Gasteiger partial charge >= 0.3 is 0 Å². The minimum Gasteiger partial charge on any atom is -0.381 e. The summed E-state index contributed by atoms with van der Waals surface area (Å²) in [5.41, 5.74) is 0. The summed E-state index contributed by atoms with van der Waals surface area (Å²) in [5.74, 6) is 0. The predicted octanol–water partition coefficient (Wildman–Crippen LogP) is 0.980. The Morgan fingerprint density at radius 3 is 1.24 bits per heavy atom. The maximum absolute atomic E-state index is 13.2. The SMILES string of the molecule is CCN(CC)P(=O)(N(CC)CO)N(CC)CO. The summed E-state index contributed by atoms with van der Waals surface area (Å²) < 4.78 is 18.0. The number of nitrogens with zero attached hydrogens (tertiary/aromatic N) is 3. The van der Waals surface area contributed by atoms with Gasteiger partial charge in [-0.1, -0.05) is 27.7 Å². The van der Waals surface area contributed by atoms with Gasteiger partial charge < -0.3 is 10.2 Å². The van der Waals surface area contributed by atoms with E-state index < -0.39 is 7.59 Å². The smallest absolute Gasteiger partial charge is 0.290 e. The van der Waals surface area contributed by atoms with Crippen LogP contribution < -0.4 is 0 Å². The van der Waals surface area contributed by atoms with Gasteiger partial charge in [0.15, 0.2) is 0 Å².